The molecule has 6 N–H and O–H groups in total. The van der Waals surface area contributed by atoms with Crippen LogP contribution >= 0.6 is 11.6 Å². The summed E-state index contributed by atoms with van der Waals surface area (Å²) >= 11 is 5.92. The number of hydrogen-bond donors (Lipinski definition) is 6. The summed E-state index contributed by atoms with van der Waals surface area (Å²) in [7, 11) is 0. The lowest BCUT2D eigenvalue weighted by Gasteiger charge is -2.10. The Morgan fingerprint density at radius 2 is 0.901 bits per heavy atom. The number of ether oxygens (including phenoxy) is 1. The van der Waals surface area contributed by atoms with Gasteiger partial charge in [0.05, 0.1) is 6.61 Å². The first-order chi connectivity index (χ1) is 34.6. The Hall–Kier alpha value is -6.37. The van der Waals surface area contributed by atoms with Crippen LogP contribution in [0.4, 0.5) is 21.5 Å². The first-order valence-corrected chi connectivity index (χ1v) is 25.7. The number of benzene rings is 6. The molecular weight excluding hydrogens is 911 g/mol. The van der Waals surface area contributed by atoms with Gasteiger partial charge >= 0.3 is 0 Å². The van der Waals surface area contributed by atoms with E-state index in [0.29, 0.717) is 46.4 Å². The van der Waals surface area contributed by atoms with E-state index in [9.17, 15) is 18.8 Å². The van der Waals surface area contributed by atoms with Crippen molar-refractivity contribution in [3.63, 3.8) is 0 Å². The van der Waals surface area contributed by atoms with Crippen LogP contribution in [0.3, 0.4) is 0 Å². The Morgan fingerprint density at radius 1 is 0.521 bits per heavy atom. The number of rotatable bonds is 17. The maximum Gasteiger partial charge on any atom is 0.255 e. The third kappa shape index (κ3) is 17.8. The fourth-order valence-electron chi connectivity index (χ4n) is 9.01. The molecule has 3 fully saturated rings. The number of hydrogen-bond acceptors (Lipinski definition) is 7. The minimum absolute atomic E-state index is 0.106. The predicted molar refractivity (Wildman–Crippen MR) is 287 cm³/mol. The van der Waals surface area contributed by atoms with E-state index in [-0.39, 0.29) is 23.5 Å². The zero-order valence-electron chi connectivity index (χ0n) is 40.8. The van der Waals surface area contributed by atoms with Gasteiger partial charge in [-0.3, -0.25) is 14.4 Å². The summed E-state index contributed by atoms with van der Waals surface area (Å²) in [5.41, 5.74) is 7.91. The molecule has 0 spiro atoms. The lowest BCUT2D eigenvalue weighted by molar-refractivity contribution is 0.101. The van der Waals surface area contributed by atoms with E-state index in [1.54, 1.807) is 36.4 Å². The molecule has 3 aliphatic rings. The van der Waals surface area contributed by atoms with Gasteiger partial charge in [0.1, 0.15) is 11.6 Å². The van der Waals surface area contributed by atoms with Crippen LogP contribution in [0.2, 0.25) is 5.02 Å². The van der Waals surface area contributed by atoms with Crippen LogP contribution < -0.4 is 36.6 Å². The second-order valence-corrected chi connectivity index (χ2v) is 18.9. The van der Waals surface area contributed by atoms with Gasteiger partial charge in [0.2, 0.25) is 0 Å². The number of anilines is 3. The van der Waals surface area contributed by atoms with E-state index in [1.807, 2.05) is 55.5 Å². The first-order valence-electron chi connectivity index (χ1n) is 25.3. The van der Waals surface area contributed by atoms with E-state index in [4.69, 9.17) is 16.3 Å². The number of nitrogens with one attached hydrogen (secondary N) is 6. The maximum absolute atomic E-state index is 12.9. The van der Waals surface area contributed by atoms with Gasteiger partial charge in [0, 0.05) is 56.9 Å². The molecule has 10 nitrogen and oxygen atoms in total. The summed E-state index contributed by atoms with van der Waals surface area (Å²) in [6, 6.07) is 45.8. The highest BCUT2D eigenvalue weighted by Gasteiger charge is 2.16. The molecule has 0 radical (unpaired) electrons. The molecule has 12 heteroatoms. The minimum Gasteiger partial charge on any atom is -0.494 e. The lowest BCUT2D eigenvalue weighted by atomic mass is 10.0. The minimum atomic E-state index is -0.345. The van der Waals surface area contributed by atoms with Crippen molar-refractivity contribution in [2.45, 2.75) is 102 Å². The van der Waals surface area contributed by atoms with Crippen molar-refractivity contribution in [2.24, 2.45) is 0 Å². The molecule has 3 aliphatic heterocycles. The quantitative estimate of drug-likeness (QED) is 0.0536. The Bertz CT molecular complexity index is 2560. The molecule has 3 atom stereocenters. The maximum atomic E-state index is 12.9. The fraction of sp³-hybridized carbons (Fsp3) is 0.339. The molecule has 3 unspecified atom stereocenters. The number of halogens is 2. The van der Waals surface area contributed by atoms with Gasteiger partial charge in [-0.15, -0.1) is 0 Å². The van der Waals surface area contributed by atoms with Crippen LogP contribution in [-0.2, 0) is 19.3 Å². The molecule has 0 aromatic heterocycles. The van der Waals surface area contributed by atoms with Crippen LogP contribution in [-0.4, -0.2) is 62.1 Å². The Kier molecular flexibility index (Phi) is 20.6. The topological polar surface area (TPSA) is 133 Å². The van der Waals surface area contributed by atoms with Gasteiger partial charge in [0.15, 0.2) is 0 Å². The van der Waals surface area contributed by atoms with E-state index < -0.39 is 0 Å². The van der Waals surface area contributed by atoms with Crippen LogP contribution in [0, 0.1) is 5.82 Å². The van der Waals surface area contributed by atoms with Crippen LogP contribution in [0.15, 0.2) is 146 Å². The number of amides is 3. The molecule has 6 aromatic carbocycles. The van der Waals surface area contributed by atoms with Gasteiger partial charge in [-0.2, -0.15) is 0 Å². The largest absolute Gasteiger partial charge is 0.494 e. The van der Waals surface area contributed by atoms with Crippen LogP contribution in [0.5, 0.6) is 5.75 Å². The van der Waals surface area contributed by atoms with Crippen molar-refractivity contribution in [2.75, 3.05) is 42.2 Å². The third-order valence-corrected chi connectivity index (χ3v) is 13.3. The number of carbonyl (C=O) groups is 3. The molecule has 71 heavy (non-hydrogen) atoms. The summed E-state index contributed by atoms with van der Waals surface area (Å²) in [5.74, 6) is -0.0444. The van der Waals surface area contributed by atoms with Gasteiger partial charge in [0.25, 0.3) is 17.7 Å². The molecule has 3 heterocycles. The third-order valence-electron chi connectivity index (χ3n) is 13.1. The van der Waals surface area contributed by atoms with Crippen molar-refractivity contribution >= 4 is 46.4 Å². The molecule has 3 saturated heterocycles. The summed E-state index contributed by atoms with van der Waals surface area (Å²) in [5, 5.41) is 19.8. The van der Waals surface area contributed by atoms with E-state index >= 15 is 0 Å². The lowest BCUT2D eigenvalue weighted by Crippen LogP contribution is -2.21. The highest BCUT2D eigenvalue weighted by molar-refractivity contribution is 6.31. The van der Waals surface area contributed by atoms with E-state index in [1.165, 1.54) is 92.3 Å². The van der Waals surface area contributed by atoms with Crippen molar-refractivity contribution in [1.82, 2.24) is 16.0 Å². The Morgan fingerprint density at radius 3 is 1.25 bits per heavy atom. The molecule has 372 valence electrons. The fourth-order valence-corrected chi connectivity index (χ4v) is 9.20. The highest BCUT2D eigenvalue weighted by Crippen LogP contribution is 2.21. The average Bonchev–Trinajstić information content (AvgIpc) is 4.23. The average molecular weight is 980 g/mol. The van der Waals surface area contributed by atoms with E-state index in [0.717, 1.165) is 68.1 Å². The van der Waals surface area contributed by atoms with E-state index in [2.05, 4.69) is 68.3 Å². The van der Waals surface area contributed by atoms with Crippen LogP contribution in [0.25, 0.3) is 0 Å². The van der Waals surface area contributed by atoms with Gasteiger partial charge < -0.3 is 36.6 Å². The Balaban J connectivity index is 0.000000157. The summed E-state index contributed by atoms with van der Waals surface area (Å²) in [4.78, 5) is 36.5. The summed E-state index contributed by atoms with van der Waals surface area (Å²) in [6.07, 6.45) is 14.4. The summed E-state index contributed by atoms with van der Waals surface area (Å²) in [6.45, 7) is 6.00. The van der Waals surface area contributed by atoms with Crippen LogP contribution in [0.1, 0.15) is 112 Å². The number of carbonyl (C=O) groups excluding carboxylic acids is 3. The zero-order chi connectivity index (χ0) is 49.6. The SMILES string of the molecule is CCOc1ccc(C(=O)Nc2ccc(CCC3CCCN3)cc2)cc1.O=C(Nc1ccc(CCC2CCCN2)cc1)c1ccc(F)cc1.O=C(Nc1ccc(CCC2CCCN2)cc1)c1cccc(Cl)c1. The molecular formula is C59H68ClFN6O4. The standard InChI is InChI=1S/C21H26N2O2.C19H21ClN2O.C19H21FN2O/c1-2-25-20-13-8-17(9-14-20)21(24)23-19-11-6-16(7-12-19)5-10-18-4-3-15-22-18;20-16-4-1-3-15(13-16)19(23)22-18-10-7-14(8-11-18)6-9-17-5-2-12-21-17;20-16-8-6-15(7-9-16)19(23)22-18-11-4-14(5-12-18)3-10-17-2-1-13-21-17/h6-9,11-14,18,22H,2-5,10,15H2,1H3,(H,23,24);1,3-4,7-8,10-11,13,17,21H,2,5-6,9,12H2,(H,22,23);4-9,11-12,17,21H,1-3,10,13H2,(H,22,23). The molecule has 0 aliphatic carbocycles. The zero-order valence-corrected chi connectivity index (χ0v) is 41.5. The first kappa shape index (κ1) is 52.5. The van der Waals surface area contributed by atoms with Crippen molar-refractivity contribution in [3.05, 3.63) is 190 Å². The van der Waals surface area contributed by atoms with Crippen molar-refractivity contribution in [1.29, 1.82) is 0 Å². The molecule has 3 amide bonds. The predicted octanol–water partition coefficient (Wildman–Crippen LogP) is 12.1. The normalized spacial score (nSPS) is 17.0. The second-order valence-electron chi connectivity index (χ2n) is 18.4. The molecule has 9 rings (SSSR count). The molecule has 6 aromatic rings. The highest BCUT2D eigenvalue weighted by atomic mass is 35.5. The number of aryl methyl sites for hydroxylation is 3. The smallest absolute Gasteiger partial charge is 0.255 e. The molecule has 0 bridgehead atoms. The summed E-state index contributed by atoms with van der Waals surface area (Å²) < 4.78 is 18.3. The van der Waals surface area contributed by atoms with Gasteiger partial charge in [-0.25, -0.2) is 4.39 Å². The monoisotopic (exact) mass is 978 g/mol. The Labute approximate surface area is 423 Å². The van der Waals surface area contributed by atoms with Gasteiger partial charge in [-0.05, 0) is 223 Å². The molecule has 0 saturated carbocycles. The van der Waals surface area contributed by atoms with Crippen molar-refractivity contribution in [3.8, 4) is 5.75 Å². The van der Waals surface area contributed by atoms with Gasteiger partial charge in [-0.1, -0.05) is 54.1 Å². The second kappa shape index (κ2) is 27.9. The van der Waals surface area contributed by atoms with Crippen molar-refractivity contribution < 1.29 is 23.5 Å².